The zero-order valence-corrected chi connectivity index (χ0v) is 21.8. The molecule has 0 aliphatic carbocycles. The highest BCUT2D eigenvalue weighted by Gasteiger charge is 2.13. The second kappa shape index (κ2) is 13.1. The fourth-order valence-electron chi connectivity index (χ4n) is 3.46. The number of anilines is 1. The van der Waals surface area contributed by atoms with Crippen LogP contribution in [0.2, 0.25) is 0 Å². The van der Waals surface area contributed by atoms with Gasteiger partial charge in [0.1, 0.15) is 29.7 Å². The van der Waals surface area contributed by atoms with Crippen LogP contribution in [0.4, 0.5) is 5.13 Å². The van der Waals surface area contributed by atoms with Gasteiger partial charge in [0.15, 0.2) is 0 Å². The van der Waals surface area contributed by atoms with Crippen LogP contribution in [0.25, 0.3) is 0 Å². The molecule has 0 bridgehead atoms. The van der Waals surface area contributed by atoms with Gasteiger partial charge in [-0.1, -0.05) is 59.9 Å². The van der Waals surface area contributed by atoms with E-state index in [1.165, 1.54) is 6.21 Å². The maximum absolute atomic E-state index is 12.4. The van der Waals surface area contributed by atoms with Crippen LogP contribution in [0.3, 0.4) is 0 Å². The number of amides is 2. The quantitative estimate of drug-likeness (QED) is 0.167. The Bertz CT molecular complexity index is 1440. The summed E-state index contributed by atoms with van der Waals surface area (Å²) >= 11 is 1.13. The number of nitrogens with zero attached hydrogens (tertiary/aromatic N) is 3. The molecule has 0 fully saturated rings. The molecule has 9 nitrogen and oxygen atoms in total. The van der Waals surface area contributed by atoms with Gasteiger partial charge in [0.2, 0.25) is 11.0 Å². The molecule has 10 heteroatoms. The molecular weight excluding hydrogens is 502 g/mol. The minimum Gasteiger partial charge on any atom is -0.490 e. The SMILES string of the molecule is Cc1ccccc1OCCOc1ccccc1/C=N/NC(=O)Cc1nnc(NC(=O)c2ccccc2C)s1. The van der Waals surface area contributed by atoms with E-state index in [4.69, 9.17) is 9.47 Å². The molecule has 2 N–H and O–H groups in total. The molecule has 4 rings (SSSR count). The number of ether oxygens (including phenoxy) is 2. The van der Waals surface area contributed by atoms with Crippen molar-refractivity contribution in [3.8, 4) is 11.5 Å². The van der Waals surface area contributed by atoms with Crippen molar-refractivity contribution in [1.29, 1.82) is 0 Å². The third kappa shape index (κ3) is 7.47. The third-order valence-electron chi connectivity index (χ3n) is 5.39. The van der Waals surface area contributed by atoms with Gasteiger partial charge in [0, 0.05) is 11.1 Å². The van der Waals surface area contributed by atoms with Crippen molar-refractivity contribution in [1.82, 2.24) is 15.6 Å². The predicted molar refractivity (Wildman–Crippen MR) is 147 cm³/mol. The molecule has 0 atom stereocenters. The molecule has 0 saturated carbocycles. The molecule has 194 valence electrons. The molecule has 0 saturated heterocycles. The van der Waals surface area contributed by atoms with E-state index >= 15 is 0 Å². The van der Waals surface area contributed by atoms with Gasteiger partial charge in [0.05, 0.1) is 12.6 Å². The van der Waals surface area contributed by atoms with E-state index in [2.05, 4.69) is 26.0 Å². The van der Waals surface area contributed by atoms with Gasteiger partial charge >= 0.3 is 0 Å². The first-order valence-electron chi connectivity index (χ1n) is 11.9. The van der Waals surface area contributed by atoms with E-state index in [0.29, 0.717) is 40.2 Å². The lowest BCUT2D eigenvalue weighted by Gasteiger charge is -2.11. The molecule has 0 spiro atoms. The van der Waals surface area contributed by atoms with Crippen molar-refractivity contribution in [2.75, 3.05) is 18.5 Å². The summed E-state index contributed by atoms with van der Waals surface area (Å²) in [6.45, 7) is 4.59. The molecular formula is C28H27N5O4S. The van der Waals surface area contributed by atoms with Crippen molar-refractivity contribution in [2.45, 2.75) is 20.3 Å². The molecule has 1 heterocycles. The topological polar surface area (TPSA) is 115 Å². The van der Waals surface area contributed by atoms with Crippen LogP contribution in [0.1, 0.15) is 32.1 Å². The van der Waals surface area contributed by atoms with Crippen LogP contribution in [-0.2, 0) is 11.2 Å². The smallest absolute Gasteiger partial charge is 0.257 e. The van der Waals surface area contributed by atoms with Gasteiger partial charge in [-0.05, 0) is 49.2 Å². The van der Waals surface area contributed by atoms with Gasteiger partial charge < -0.3 is 9.47 Å². The second-order valence-corrected chi connectivity index (χ2v) is 9.30. The average Bonchev–Trinajstić information content (AvgIpc) is 3.34. The Morgan fingerprint density at radius 2 is 1.53 bits per heavy atom. The number of carbonyl (C=O) groups excluding carboxylic acids is 2. The Balaban J connectivity index is 1.24. The van der Waals surface area contributed by atoms with Crippen LogP contribution in [0.5, 0.6) is 11.5 Å². The van der Waals surface area contributed by atoms with E-state index in [9.17, 15) is 9.59 Å². The van der Waals surface area contributed by atoms with E-state index in [-0.39, 0.29) is 18.2 Å². The summed E-state index contributed by atoms with van der Waals surface area (Å²) in [4.78, 5) is 24.8. The minimum absolute atomic E-state index is 0.0242. The van der Waals surface area contributed by atoms with E-state index in [1.807, 2.05) is 74.5 Å². The predicted octanol–water partition coefficient (Wildman–Crippen LogP) is 4.56. The first kappa shape index (κ1) is 26.5. The van der Waals surface area contributed by atoms with Crippen LogP contribution in [0, 0.1) is 13.8 Å². The third-order valence-corrected chi connectivity index (χ3v) is 6.23. The average molecular weight is 530 g/mol. The van der Waals surface area contributed by atoms with Gasteiger partial charge in [-0.25, -0.2) is 5.43 Å². The van der Waals surface area contributed by atoms with E-state index < -0.39 is 0 Å². The van der Waals surface area contributed by atoms with Gasteiger partial charge in [0.25, 0.3) is 5.91 Å². The molecule has 3 aromatic carbocycles. The number of hydrazone groups is 1. The van der Waals surface area contributed by atoms with Crippen LogP contribution >= 0.6 is 11.3 Å². The summed E-state index contributed by atoms with van der Waals surface area (Å²) in [5, 5.41) is 15.5. The standard InChI is InChI=1S/C28H27N5O4S/c1-19-9-3-6-12-22(19)27(35)30-28-33-32-26(38-28)17-25(34)31-29-18-21-11-5-8-14-24(21)37-16-15-36-23-13-7-4-10-20(23)2/h3-14,18H,15-17H2,1-2H3,(H,31,34)(H,30,33,35)/b29-18+. The lowest BCUT2D eigenvalue weighted by Crippen LogP contribution is -2.19. The van der Waals surface area contributed by atoms with Crippen molar-refractivity contribution < 1.29 is 19.1 Å². The molecule has 0 aliphatic heterocycles. The Morgan fingerprint density at radius 1 is 0.868 bits per heavy atom. The Labute approximate surface area is 224 Å². The van der Waals surface area contributed by atoms with Crippen molar-refractivity contribution in [3.05, 3.63) is 100 Å². The molecule has 0 radical (unpaired) electrons. The summed E-state index contributed by atoms with van der Waals surface area (Å²) in [5.41, 5.74) is 5.67. The number of aromatic nitrogens is 2. The van der Waals surface area contributed by atoms with E-state index in [0.717, 1.165) is 28.2 Å². The number of para-hydroxylation sites is 2. The number of nitrogens with one attached hydrogen (secondary N) is 2. The Morgan fingerprint density at radius 3 is 2.29 bits per heavy atom. The summed E-state index contributed by atoms with van der Waals surface area (Å²) in [5.74, 6) is 0.809. The largest absolute Gasteiger partial charge is 0.490 e. The molecule has 0 aliphatic rings. The van der Waals surface area contributed by atoms with E-state index in [1.54, 1.807) is 12.1 Å². The molecule has 1 aromatic heterocycles. The number of hydrogen-bond donors (Lipinski definition) is 2. The molecule has 2 amide bonds. The summed E-state index contributed by atoms with van der Waals surface area (Å²) in [7, 11) is 0. The fraction of sp³-hybridized carbons (Fsp3) is 0.179. The normalized spacial score (nSPS) is 10.8. The molecule has 0 unspecified atom stereocenters. The number of rotatable bonds is 11. The Kier molecular flexibility index (Phi) is 9.14. The lowest BCUT2D eigenvalue weighted by molar-refractivity contribution is -0.120. The lowest BCUT2D eigenvalue weighted by atomic mass is 10.1. The maximum atomic E-state index is 12.4. The number of carbonyl (C=O) groups is 2. The van der Waals surface area contributed by atoms with Crippen LogP contribution in [-0.4, -0.2) is 41.4 Å². The van der Waals surface area contributed by atoms with Crippen LogP contribution in [0.15, 0.2) is 77.9 Å². The van der Waals surface area contributed by atoms with Crippen molar-refractivity contribution in [2.24, 2.45) is 5.10 Å². The minimum atomic E-state index is -0.362. The fourth-order valence-corrected chi connectivity index (χ4v) is 4.19. The van der Waals surface area contributed by atoms with Crippen molar-refractivity contribution >= 4 is 34.5 Å². The second-order valence-electron chi connectivity index (χ2n) is 8.24. The maximum Gasteiger partial charge on any atom is 0.257 e. The first-order chi connectivity index (χ1) is 18.5. The van der Waals surface area contributed by atoms with Gasteiger partial charge in [-0.2, -0.15) is 5.10 Å². The highest BCUT2D eigenvalue weighted by molar-refractivity contribution is 7.15. The number of aryl methyl sites for hydroxylation is 2. The van der Waals surface area contributed by atoms with Gasteiger partial charge in [-0.15, -0.1) is 10.2 Å². The Hall–Kier alpha value is -4.57. The van der Waals surface area contributed by atoms with Gasteiger partial charge in [-0.3, -0.25) is 14.9 Å². The monoisotopic (exact) mass is 529 g/mol. The zero-order valence-electron chi connectivity index (χ0n) is 21.0. The van der Waals surface area contributed by atoms with Crippen molar-refractivity contribution in [3.63, 3.8) is 0 Å². The summed E-state index contributed by atoms with van der Waals surface area (Å²) in [6, 6.07) is 22.4. The van der Waals surface area contributed by atoms with Crippen LogP contribution < -0.4 is 20.2 Å². The summed E-state index contributed by atoms with van der Waals surface area (Å²) in [6.07, 6.45) is 1.49. The summed E-state index contributed by atoms with van der Waals surface area (Å²) < 4.78 is 11.6. The highest BCUT2D eigenvalue weighted by Crippen LogP contribution is 2.19. The number of benzene rings is 3. The number of hydrogen-bond acceptors (Lipinski definition) is 8. The zero-order chi connectivity index (χ0) is 26.7. The molecule has 4 aromatic rings. The first-order valence-corrected chi connectivity index (χ1v) is 12.7. The molecule has 38 heavy (non-hydrogen) atoms. The highest BCUT2D eigenvalue weighted by atomic mass is 32.1.